The van der Waals surface area contributed by atoms with Crippen molar-refractivity contribution in [2.24, 2.45) is 0 Å². The fourth-order valence-electron chi connectivity index (χ4n) is 2.54. The average molecular weight is 438 g/mol. The molecule has 0 bridgehead atoms. The summed E-state index contributed by atoms with van der Waals surface area (Å²) in [4.78, 5) is 37.6. The highest BCUT2D eigenvalue weighted by Crippen LogP contribution is 2.16. The number of aromatic nitrogens is 2. The fraction of sp³-hybridized carbons (Fsp3) is 0.235. The van der Waals surface area contributed by atoms with Crippen LogP contribution in [0.1, 0.15) is 0 Å². The van der Waals surface area contributed by atoms with Crippen molar-refractivity contribution in [3.63, 3.8) is 0 Å². The Bertz CT molecular complexity index is 1050. The number of benzene rings is 1. The Kier molecular flexibility index (Phi) is 5.70. The molecule has 26 heavy (non-hydrogen) atoms. The Morgan fingerprint density at radius 1 is 1.19 bits per heavy atom. The highest BCUT2D eigenvalue weighted by molar-refractivity contribution is 9.10. The minimum Gasteiger partial charge on any atom is -0.383 e. The number of thiophene rings is 1. The molecule has 7 nitrogen and oxygen atoms in total. The zero-order valence-electron chi connectivity index (χ0n) is 13.9. The Morgan fingerprint density at radius 2 is 1.92 bits per heavy atom. The third-order valence-electron chi connectivity index (χ3n) is 3.79. The van der Waals surface area contributed by atoms with Crippen LogP contribution in [-0.2, 0) is 22.6 Å². The van der Waals surface area contributed by atoms with Crippen LogP contribution in [0.25, 0.3) is 10.2 Å². The van der Waals surface area contributed by atoms with Gasteiger partial charge in [-0.3, -0.25) is 18.7 Å². The van der Waals surface area contributed by atoms with Gasteiger partial charge in [0.05, 0.1) is 18.7 Å². The zero-order chi connectivity index (χ0) is 18.7. The van der Waals surface area contributed by atoms with Crippen LogP contribution in [0.4, 0.5) is 5.69 Å². The van der Waals surface area contributed by atoms with Gasteiger partial charge >= 0.3 is 5.69 Å². The van der Waals surface area contributed by atoms with Crippen LogP contribution >= 0.6 is 27.3 Å². The number of nitrogens with zero attached hydrogens (tertiary/aromatic N) is 2. The summed E-state index contributed by atoms with van der Waals surface area (Å²) in [6.07, 6.45) is 0. The van der Waals surface area contributed by atoms with Gasteiger partial charge in [-0.2, -0.15) is 0 Å². The smallest absolute Gasteiger partial charge is 0.332 e. The lowest BCUT2D eigenvalue weighted by Gasteiger charge is -2.12. The number of rotatable bonds is 6. The van der Waals surface area contributed by atoms with E-state index in [9.17, 15) is 14.4 Å². The third kappa shape index (κ3) is 3.79. The van der Waals surface area contributed by atoms with E-state index in [1.807, 2.05) is 12.1 Å². The summed E-state index contributed by atoms with van der Waals surface area (Å²) in [6, 6.07) is 8.80. The first-order chi connectivity index (χ1) is 12.5. The van der Waals surface area contributed by atoms with E-state index < -0.39 is 5.69 Å². The molecule has 0 atom stereocenters. The number of methoxy groups -OCH3 is 1. The largest absolute Gasteiger partial charge is 0.383 e. The number of amides is 1. The van der Waals surface area contributed by atoms with Gasteiger partial charge in [0.2, 0.25) is 5.91 Å². The lowest BCUT2D eigenvalue weighted by atomic mass is 10.3. The van der Waals surface area contributed by atoms with E-state index >= 15 is 0 Å². The quantitative estimate of drug-likeness (QED) is 0.640. The van der Waals surface area contributed by atoms with Crippen molar-refractivity contribution in [1.82, 2.24) is 9.13 Å². The number of hydrogen-bond donors (Lipinski definition) is 1. The molecule has 9 heteroatoms. The first-order valence-corrected chi connectivity index (χ1v) is 9.43. The van der Waals surface area contributed by atoms with Crippen molar-refractivity contribution < 1.29 is 9.53 Å². The zero-order valence-corrected chi connectivity index (χ0v) is 16.3. The van der Waals surface area contributed by atoms with Gasteiger partial charge in [0.15, 0.2) is 0 Å². The molecule has 3 aromatic rings. The molecule has 1 aromatic carbocycles. The summed E-state index contributed by atoms with van der Waals surface area (Å²) < 4.78 is 8.74. The highest BCUT2D eigenvalue weighted by Gasteiger charge is 2.16. The Morgan fingerprint density at radius 3 is 2.62 bits per heavy atom. The van der Waals surface area contributed by atoms with Crippen molar-refractivity contribution in [3.8, 4) is 0 Å². The number of fused-ring (bicyclic) bond motifs is 1. The second kappa shape index (κ2) is 7.98. The number of anilines is 1. The number of carbonyl (C=O) groups excluding carboxylic acids is 1. The third-order valence-corrected chi connectivity index (χ3v) is 5.21. The molecule has 136 valence electrons. The molecule has 1 N–H and O–H groups in total. The summed E-state index contributed by atoms with van der Waals surface area (Å²) in [6.45, 7) is 0.183. The van der Waals surface area contributed by atoms with E-state index in [-0.39, 0.29) is 31.2 Å². The normalized spacial score (nSPS) is 11.0. The SMILES string of the molecule is COCCn1c(=O)c2sccc2n(CC(=O)Nc2ccc(Br)cc2)c1=O. The number of ether oxygens (including phenoxy) is 1. The molecule has 1 amide bonds. The van der Waals surface area contributed by atoms with Crippen LogP contribution in [0.15, 0.2) is 49.8 Å². The summed E-state index contributed by atoms with van der Waals surface area (Å²) >= 11 is 4.58. The second-order valence-electron chi connectivity index (χ2n) is 5.51. The minimum absolute atomic E-state index is 0.135. The molecule has 0 saturated carbocycles. The summed E-state index contributed by atoms with van der Waals surface area (Å²) in [7, 11) is 1.50. The van der Waals surface area contributed by atoms with Crippen molar-refractivity contribution in [3.05, 3.63) is 61.0 Å². The van der Waals surface area contributed by atoms with E-state index in [1.165, 1.54) is 23.0 Å². The molecule has 0 fully saturated rings. The van der Waals surface area contributed by atoms with Crippen molar-refractivity contribution in [1.29, 1.82) is 0 Å². The van der Waals surface area contributed by atoms with Gasteiger partial charge in [-0.05, 0) is 35.7 Å². The molecular formula is C17H16BrN3O4S. The Balaban J connectivity index is 1.94. The van der Waals surface area contributed by atoms with Gasteiger partial charge in [0.1, 0.15) is 11.2 Å². The minimum atomic E-state index is -0.524. The molecule has 2 heterocycles. The first kappa shape index (κ1) is 18.6. The van der Waals surface area contributed by atoms with Crippen molar-refractivity contribution in [2.75, 3.05) is 19.0 Å². The maximum absolute atomic E-state index is 12.7. The topological polar surface area (TPSA) is 82.3 Å². The van der Waals surface area contributed by atoms with Crippen molar-refractivity contribution in [2.45, 2.75) is 13.1 Å². The van der Waals surface area contributed by atoms with E-state index in [0.29, 0.717) is 15.9 Å². The van der Waals surface area contributed by atoms with E-state index in [1.54, 1.807) is 23.6 Å². The number of halogens is 1. The van der Waals surface area contributed by atoms with Gasteiger partial charge in [-0.15, -0.1) is 11.3 Å². The maximum atomic E-state index is 12.7. The van der Waals surface area contributed by atoms with Gasteiger partial charge in [-0.25, -0.2) is 4.79 Å². The summed E-state index contributed by atoms with van der Waals surface area (Å²) in [5.74, 6) is -0.348. The van der Waals surface area contributed by atoms with Crippen molar-refractivity contribution >= 4 is 49.1 Å². The molecule has 0 spiro atoms. The molecular weight excluding hydrogens is 422 g/mol. The average Bonchev–Trinajstić information content (AvgIpc) is 3.10. The van der Waals surface area contributed by atoms with E-state index in [0.717, 1.165) is 9.04 Å². The predicted molar refractivity (Wildman–Crippen MR) is 105 cm³/mol. The first-order valence-electron chi connectivity index (χ1n) is 7.76. The molecule has 0 saturated heterocycles. The molecule has 0 aliphatic heterocycles. The van der Waals surface area contributed by atoms with Gasteiger partial charge in [0.25, 0.3) is 5.56 Å². The van der Waals surface area contributed by atoms with E-state index in [4.69, 9.17) is 4.74 Å². The molecule has 2 aromatic heterocycles. The molecule has 0 radical (unpaired) electrons. The number of nitrogens with one attached hydrogen (secondary N) is 1. The molecule has 0 aliphatic carbocycles. The number of hydrogen-bond acceptors (Lipinski definition) is 5. The Hall–Kier alpha value is -2.23. The van der Waals surface area contributed by atoms with Gasteiger partial charge in [0, 0.05) is 17.3 Å². The maximum Gasteiger partial charge on any atom is 0.332 e. The van der Waals surface area contributed by atoms with Gasteiger partial charge < -0.3 is 10.1 Å². The standard InChI is InChI=1S/C17H16BrN3O4S/c1-25-8-7-20-16(23)15-13(6-9-26-15)21(17(20)24)10-14(22)19-12-4-2-11(18)3-5-12/h2-6,9H,7-8,10H2,1H3,(H,19,22). The molecule has 0 aliphatic rings. The monoisotopic (exact) mass is 437 g/mol. The van der Waals surface area contributed by atoms with Crippen LogP contribution in [0, 0.1) is 0 Å². The molecule has 0 unspecified atom stereocenters. The predicted octanol–water partition coefficient (Wildman–Crippen LogP) is 2.27. The lowest BCUT2D eigenvalue weighted by Crippen LogP contribution is -2.42. The van der Waals surface area contributed by atoms with Crippen LogP contribution < -0.4 is 16.6 Å². The lowest BCUT2D eigenvalue weighted by molar-refractivity contribution is -0.116. The Labute approximate surface area is 161 Å². The fourth-order valence-corrected chi connectivity index (χ4v) is 3.65. The number of carbonyl (C=O) groups is 1. The van der Waals surface area contributed by atoms with Crippen LogP contribution in [0.5, 0.6) is 0 Å². The van der Waals surface area contributed by atoms with Gasteiger partial charge in [-0.1, -0.05) is 15.9 Å². The van der Waals surface area contributed by atoms with Crippen LogP contribution in [-0.4, -0.2) is 28.8 Å². The van der Waals surface area contributed by atoms with Crippen LogP contribution in [0.2, 0.25) is 0 Å². The van der Waals surface area contributed by atoms with Crippen LogP contribution in [0.3, 0.4) is 0 Å². The van der Waals surface area contributed by atoms with E-state index in [2.05, 4.69) is 21.2 Å². The molecule has 3 rings (SSSR count). The summed E-state index contributed by atoms with van der Waals surface area (Å²) in [5, 5.41) is 4.48. The second-order valence-corrected chi connectivity index (χ2v) is 7.34. The summed E-state index contributed by atoms with van der Waals surface area (Å²) in [5.41, 5.74) is 0.204. The highest BCUT2D eigenvalue weighted by atomic mass is 79.9.